The number of carbonyl (C=O) groups is 1. The lowest BCUT2D eigenvalue weighted by molar-refractivity contribution is 0.0819. The molecule has 170 valence electrons. The number of carbonyl (C=O) groups excluding carboxylic acids is 1. The number of aromatic nitrogens is 1. The summed E-state index contributed by atoms with van der Waals surface area (Å²) in [5.41, 5.74) is 6.24. The van der Waals surface area contributed by atoms with E-state index in [0.717, 1.165) is 72.7 Å². The highest BCUT2D eigenvalue weighted by molar-refractivity contribution is 5.94. The molecule has 5 heteroatoms. The molecule has 1 aliphatic carbocycles. The minimum atomic E-state index is 0.381. The van der Waals surface area contributed by atoms with Gasteiger partial charge in [-0.3, -0.25) is 4.79 Å². The first-order valence-electron chi connectivity index (χ1n) is 12.0. The molecule has 2 aromatic carbocycles. The van der Waals surface area contributed by atoms with E-state index in [2.05, 4.69) is 40.7 Å². The number of anilines is 1. The Bertz CT molecular complexity index is 1340. The van der Waals surface area contributed by atoms with Crippen molar-refractivity contribution in [3.8, 4) is 11.5 Å². The van der Waals surface area contributed by atoms with E-state index in [1.165, 1.54) is 29.4 Å². The van der Waals surface area contributed by atoms with Gasteiger partial charge in [-0.05, 0) is 62.8 Å². The maximum absolute atomic E-state index is 11.3. The molecule has 5 nitrogen and oxygen atoms in total. The van der Waals surface area contributed by atoms with Crippen molar-refractivity contribution in [3.05, 3.63) is 53.6 Å². The fourth-order valence-corrected chi connectivity index (χ4v) is 5.29. The summed E-state index contributed by atoms with van der Waals surface area (Å²) in [4.78, 5) is 13.7. The third-order valence-electron chi connectivity index (χ3n) is 7.50. The molecule has 0 unspecified atom stereocenters. The molecule has 3 heterocycles. The molecule has 1 aliphatic heterocycles. The van der Waals surface area contributed by atoms with Gasteiger partial charge in [0, 0.05) is 54.3 Å². The summed E-state index contributed by atoms with van der Waals surface area (Å²) in [7, 11) is 1.82. The van der Waals surface area contributed by atoms with Crippen LogP contribution in [0.5, 0.6) is 0 Å². The smallest absolute Gasteiger partial charge is 0.154 e. The topological polar surface area (TPSA) is 47.6 Å². The van der Waals surface area contributed by atoms with Gasteiger partial charge in [0.1, 0.15) is 11.9 Å². The van der Waals surface area contributed by atoms with E-state index in [1.807, 2.05) is 25.3 Å². The van der Waals surface area contributed by atoms with Gasteiger partial charge in [-0.1, -0.05) is 18.2 Å². The number of aldehydes is 1. The van der Waals surface area contributed by atoms with Crippen molar-refractivity contribution in [2.24, 2.45) is 5.92 Å². The predicted molar refractivity (Wildman–Crippen MR) is 132 cm³/mol. The lowest BCUT2D eigenvalue weighted by Gasteiger charge is -2.33. The summed E-state index contributed by atoms with van der Waals surface area (Å²) < 4.78 is 14.4. The fourth-order valence-electron chi connectivity index (χ4n) is 5.29. The number of piperidine rings is 1. The molecule has 0 atom stereocenters. The first-order chi connectivity index (χ1) is 16.1. The molecular weight excluding hydrogens is 412 g/mol. The zero-order valence-electron chi connectivity index (χ0n) is 19.3. The van der Waals surface area contributed by atoms with Gasteiger partial charge in [0.25, 0.3) is 0 Å². The van der Waals surface area contributed by atoms with E-state index < -0.39 is 0 Å². The molecule has 6 rings (SSSR count). The van der Waals surface area contributed by atoms with E-state index >= 15 is 0 Å². The van der Waals surface area contributed by atoms with Crippen LogP contribution in [0, 0.1) is 12.8 Å². The molecule has 2 fully saturated rings. The molecule has 0 spiro atoms. The van der Waals surface area contributed by atoms with Gasteiger partial charge in [-0.15, -0.1) is 0 Å². The van der Waals surface area contributed by atoms with Crippen LogP contribution in [0.1, 0.15) is 41.6 Å². The molecule has 0 bridgehead atoms. The SMILES string of the molecule is COC1CCN(c2ccc3cc(-c4oc5cc(C=O)ccc5c4C)n(CC4CC4)c3c2)CC1. The van der Waals surface area contributed by atoms with E-state index in [4.69, 9.17) is 9.15 Å². The normalized spacial score (nSPS) is 17.3. The summed E-state index contributed by atoms with van der Waals surface area (Å²) in [6.45, 7) is 5.19. The molecule has 0 N–H and O–H groups in total. The maximum atomic E-state index is 11.3. The number of rotatable bonds is 6. The number of ether oxygens (including phenoxy) is 1. The second kappa shape index (κ2) is 8.07. The Hall–Kier alpha value is -3.05. The standard InChI is InChI=1S/C28H30N2O3/c1-18-24-8-5-20(17-31)13-27(24)33-28(18)26-14-21-6-7-22(29-11-9-23(32-2)10-12-29)15-25(21)30(26)16-19-3-4-19/h5-8,13-15,17,19,23H,3-4,9-12,16H2,1-2H3. The summed E-state index contributed by atoms with van der Waals surface area (Å²) in [6, 6.07) is 14.8. The first kappa shape index (κ1) is 20.5. The highest BCUT2D eigenvalue weighted by Gasteiger charge is 2.27. The molecule has 33 heavy (non-hydrogen) atoms. The lowest BCUT2D eigenvalue weighted by Crippen LogP contribution is -2.36. The van der Waals surface area contributed by atoms with Crippen LogP contribution in [0.15, 0.2) is 46.9 Å². The Morgan fingerprint density at radius 3 is 2.61 bits per heavy atom. The minimum Gasteiger partial charge on any atom is -0.454 e. The predicted octanol–water partition coefficient (Wildman–Crippen LogP) is 6.20. The van der Waals surface area contributed by atoms with Gasteiger partial charge in [0.15, 0.2) is 5.76 Å². The Labute approximate surface area is 193 Å². The quantitative estimate of drug-likeness (QED) is 0.334. The zero-order valence-corrected chi connectivity index (χ0v) is 19.3. The molecule has 0 radical (unpaired) electrons. The summed E-state index contributed by atoms with van der Waals surface area (Å²) in [5.74, 6) is 1.65. The first-order valence-corrected chi connectivity index (χ1v) is 12.0. The number of nitrogens with zero attached hydrogens (tertiary/aromatic N) is 2. The van der Waals surface area contributed by atoms with Crippen molar-refractivity contribution in [1.29, 1.82) is 0 Å². The van der Waals surface area contributed by atoms with Crippen LogP contribution in [0.25, 0.3) is 33.3 Å². The van der Waals surface area contributed by atoms with Crippen LogP contribution in [0.3, 0.4) is 0 Å². The van der Waals surface area contributed by atoms with E-state index in [-0.39, 0.29) is 0 Å². The number of hydrogen-bond donors (Lipinski definition) is 0. The second-order valence-corrected chi connectivity index (χ2v) is 9.68. The molecule has 2 aliphatic rings. The Balaban J connectivity index is 1.45. The van der Waals surface area contributed by atoms with Gasteiger partial charge in [0.05, 0.1) is 17.3 Å². The number of aryl methyl sites for hydroxylation is 1. The Morgan fingerprint density at radius 1 is 1.06 bits per heavy atom. The average molecular weight is 443 g/mol. The van der Waals surface area contributed by atoms with Crippen LogP contribution in [0.2, 0.25) is 0 Å². The highest BCUT2D eigenvalue weighted by Crippen LogP contribution is 2.40. The number of methoxy groups -OCH3 is 1. The van der Waals surface area contributed by atoms with Gasteiger partial charge >= 0.3 is 0 Å². The van der Waals surface area contributed by atoms with E-state index in [9.17, 15) is 4.79 Å². The molecule has 1 saturated carbocycles. The number of benzene rings is 2. The van der Waals surface area contributed by atoms with Crippen LogP contribution in [0.4, 0.5) is 5.69 Å². The molecule has 4 aromatic rings. The van der Waals surface area contributed by atoms with Gasteiger partial charge in [0.2, 0.25) is 0 Å². The largest absolute Gasteiger partial charge is 0.454 e. The van der Waals surface area contributed by atoms with Crippen molar-refractivity contribution in [2.75, 3.05) is 25.1 Å². The van der Waals surface area contributed by atoms with E-state index in [1.54, 1.807) is 0 Å². The zero-order chi connectivity index (χ0) is 22.5. The molecular formula is C28H30N2O3. The van der Waals surface area contributed by atoms with Crippen molar-refractivity contribution in [3.63, 3.8) is 0 Å². The fraction of sp³-hybridized carbons (Fsp3) is 0.393. The average Bonchev–Trinajstić information content (AvgIpc) is 3.53. The van der Waals surface area contributed by atoms with Crippen LogP contribution in [-0.4, -0.2) is 37.2 Å². The van der Waals surface area contributed by atoms with Crippen LogP contribution in [-0.2, 0) is 11.3 Å². The number of furan rings is 1. The summed E-state index contributed by atoms with van der Waals surface area (Å²) in [5, 5.41) is 2.31. The van der Waals surface area contributed by atoms with Crippen molar-refractivity contribution in [2.45, 2.75) is 45.3 Å². The van der Waals surface area contributed by atoms with Gasteiger partial charge in [-0.25, -0.2) is 0 Å². The summed E-state index contributed by atoms with van der Waals surface area (Å²) in [6.07, 6.45) is 5.99. The highest BCUT2D eigenvalue weighted by atomic mass is 16.5. The van der Waals surface area contributed by atoms with Crippen LogP contribution < -0.4 is 4.90 Å². The van der Waals surface area contributed by atoms with Gasteiger partial charge in [-0.2, -0.15) is 0 Å². The van der Waals surface area contributed by atoms with Gasteiger partial charge < -0.3 is 18.6 Å². The minimum absolute atomic E-state index is 0.381. The number of fused-ring (bicyclic) bond motifs is 2. The number of hydrogen-bond acceptors (Lipinski definition) is 4. The van der Waals surface area contributed by atoms with E-state index in [0.29, 0.717) is 11.7 Å². The Morgan fingerprint density at radius 2 is 1.88 bits per heavy atom. The molecule has 2 aromatic heterocycles. The van der Waals surface area contributed by atoms with Crippen LogP contribution >= 0.6 is 0 Å². The van der Waals surface area contributed by atoms with Crippen molar-refractivity contribution < 1.29 is 13.9 Å². The van der Waals surface area contributed by atoms with Crippen molar-refractivity contribution >= 4 is 33.8 Å². The maximum Gasteiger partial charge on any atom is 0.154 e. The van der Waals surface area contributed by atoms with Crippen molar-refractivity contribution in [1.82, 2.24) is 4.57 Å². The lowest BCUT2D eigenvalue weighted by atomic mass is 10.1. The Kier molecular flexibility index (Phi) is 5.02. The molecule has 1 saturated heterocycles. The monoisotopic (exact) mass is 442 g/mol. The molecule has 0 amide bonds. The second-order valence-electron chi connectivity index (χ2n) is 9.68. The third kappa shape index (κ3) is 3.65. The summed E-state index contributed by atoms with van der Waals surface area (Å²) >= 11 is 0. The third-order valence-corrected chi connectivity index (χ3v) is 7.50.